The Kier molecular flexibility index (Phi) is 7.93. The maximum absolute atomic E-state index is 11.9. The number of phenols is 1. The van der Waals surface area contributed by atoms with E-state index in [0.29, 0.717) is 5.39 Å². The fraction of sp³-hybridized carbons (Fsp3) is 0.111. The summed E-state index contributed by atoms with van der Waals surface area (Å²) in [5.41, 5.74) is -1.28. The Hall–Kier alpha value is -1.22. The van der Waals surface area contributed by atoms with Crippen molar-refractivity contribution in [2.45, 2.75) is 22.2 Å². The molecule has 3 aromatic rings. The van der Waals surface area contributed by atoms with E-state index in [-0.39, 0.29) is 73.0 Å². The Bertz CT molecular complexity index is 1320. The van der Waals surface area contributed by atoms with Gasteiger partial charge in [0.15, 0.2) is 5.44 Å². The van der Waals surface area contributed by atoms with E-state index < -0.39 is 36.0 Å². The number of aliphatic hydroxyl groups is 1. The molecule has 3 rings (SSSR count). The molecule has 12 heteroatoms. The second kappa shape index (κ2) is 9.50. The monoisotopic (exact) mass is 474 g/mol. The zero-order valence-corrected chi connectivity index (χ0v) is 20.7. The fourth-order valence-electron chi connectivity index (χ4n) is 2.60. The van der Waals surface area contributed by atoms with E-state index in [9.17, 15) is 31.6 Å². The van der Waals surface area contributed by atoms with Gasteiger partial charge in [-0.05, 0) is 37.3 Å². The summed E-state index contributed by atoms with van der Waals surface area (Å²) in [6.07, 6.45) is 0. The third kappa shape index (κ3) is 5.15. The molecule has 0 spiro atoms. The number of hydrogen-bond acceptors (Lipinski definition) is 9. The molecule has 0 saturated carbocycles. The van der Waals surface area contributed by atoms with Crippen LogP contribution in [0.5, 0.6) is 5.75 Å². The van der Waals surface area contributed by atoms with Crippen molar-refractivity contribution in [1.82, 2.24) is 0 Å². The Balaban J connectivity index is 0.00000320. The van der Waals surface area contributed by atoms with Gasteiger partial charge in [0.05, 0.1) is 21.2 Å². The third-order valence-corrected chi connectivity index (χ3v) is 6.79. The van der Waals surface area contributed by atoms with E-state index in [4.69, 9.17) is 0 Å². The van der Waals surface area contributed by atoms with Crippen LogP contribution in [0.3, 0.4) is 0 Å². The van der Waals surface area contributed by atoms with Crippen LogP contribution < -0.4 is 51.4 Å². The largest absolute Gasteiger partial charge is 1.00 e. The molecule has 0 fully saturated rings. The molecule has 152 valence electrons. The number of hydrogen-bond donors (Lipinski definition) is 2. The Morgan fingerprint density at radius 3 is 2.03 bits per heavy atom. The number of fused-ring (bicyclic) bond motifs is 1. The van der Waals surface area contributed by atoms with Crippen molar-refractivity contribution in [2.75, 3.05) is 0 Å². The molecule has 0 aliphatic rings. The molecule has 0 heterocycles. The first kappa shape index (κ1) is 25.0. The minimum Gasteiger partial charge on any atom is -0.744 e. The first-order valence-corrected chi connectivity index (χ1v) is 11.1. The van der Waals surface area contributed by atoms with Crippen LogP contribution in [0.15, 0.2) is 74.6 Å². The van der Waals surface area contributed by atoms with Gasteiger partial charge in [-0.25, -0.2) is 16.8 Å². The molecular formula is C18H15KN2O7S2. The summed E-state index contributed by atoms with van der Waals surface area (Å²) >= 11 is 0. The van der Waals surface area contributed by atoms with Crippen LogP contribution >= 0.6 is 0 Å². The van der Waals surface area contributed by atoms with Crippen LogP contribution in [0.25, 0.3) is 10.8 Å². The number of benzene rings is 3. The van der Waals surface area contributed by atoms with Gasteiger partial charge in [-0.15, -0.1) is 5.11 Å². The average molecular weight is 475 g/mol. The van der Waals surface area contributed by atoms with E-state index in [0.717, 1.165) is 13.0 Å². The summed E-state index contributed by atoms with van der Waals surface area (Å²) < 4.78 is 58.2. The zero-order chi connectivity index (χ0) is 21.4. The molecule has 1 unspecified atom stereocenters. The molecule has 0 radical (unpaired) electrons. The minimum absolute atomic E-state index is 0. The average Bonchev–Trinajstić information content (AvgIpc) is 2.67. The summed E-state index contributed by atoms with van der Waals surface area (Å²) in [5, 5.41) is 27.8. The smallest absolute Gasteiger partial charge is 0.744 e. The number of nitrogens with zero attached hydrogens (tertiary/aromatic N) is 2. The van der Waals surface area contributed by atoms with E-state index in [1.165, 1.54) is 30.3 Å². The predicted molar refractivity (Wildman–Crippen MR) is 103 cm³/mol. The second-order valence-corrected chi connectivity index (χ2v) is 9.67. The molecule has 0 amide bonds. The fourth-order valence-corrected chi connectivity index (χ4v) is 4.11. The van der Waals surface area contributed by atoms with Gasteiger partial charge in [-0.2, -0.15) is 5.11 Å². The van der Waals surface area contributed by atoms with Crippen molar-refractivity contribution in [3.63, 3.8) is 0 Å². The SMILES string of the molecule is CC(O)S(=O)(=O)c1ccc(N=Nc2cc(S(=O)(=O)[O-])c(O)c3ccccc23)cc1.[K+]. The summed E-state index contributed by atoms with van der Waals surface area (Å²) in [6.45, 7) is 1.14. The van der Waals surface area contributed by atoms with Crippen LogP contribution in [0.2, 0.25) is 0 Å². The molecular weight excluding hydrogens is 459 g/mol. The van der Waals surface area contributed by atoms with E-state index >= 15 is 0 Å². The van der Waals surface area contributed by atoms with Crippen LogP contribution in [0, 0.1) is 0 Å². The molecule has 0 bridgehead atoms. The Labute approximate surface area is 215 Å². The Morgan fingerprint density at radius 2 is 1.50 bits per heavy atom. The van der Waals surface area contributed by atoms with Gasteiger partial charge < -0.3 is 14.8 Å². The number of aromatic hydroxyl groups is 1. The van der Waals surface area contributed by atoms with Crippen molar-refractivity contribution in [3.05, 3.63) is 54.6 Å². The zero-order valence-electron chi connectivity index (χ0n) is 15.9. The maximum Gasteiger partial charge on any atom is 1.00 e. The van der Waals surface area contributed by atoms with Gasteiger partial charge in [-0.1, -0.05) is 24.3 Å². The van der Waals surface area contributed by atoms with E-state index in [1.54, 1.807) is 18.2 Å². The van der Waals surface area contributed by atoms with Gasteiger partial charge >= 0.3 is 51.4 Å². The van der Waals surface area contributed by atoms with Crippen molar-refractivity contribution < 1.29 is 83.0 Å². The van der Waals surface area contributed by atoms with Gasteiger partial charge in [0.25, 0.3) is 0 Å². The maximum atomic E-state index is 11.9. The molecule has 9 nitrogen and oxygen atoms in total. The van der Waals surface area contributed by atoms with E-state index in [1.807, 2.05) is 0 Å². The number of azo groups is 1. The third-order valence-electron chi connectivity index (χ3n) is 4.12. The summed E-state index contributed by atoms with van der Waals surface area (Å²) in [7, 11) is -8.81. The summed E-state index contributed by atoms with van der Waals surface area (Å²) in [5.74, 6) is -0.665. The first-order chi connectivity index (χ1) is 13.5. The van der Waals surface area contributed by atoms with Crippen LogP contribution in [-0.4, -0.2) is 37.0 Å². The van der Waals surface area contributed by atoms with Gasteiger partial charge in [0.1, 0.15) is 15.9 Å². The van der Waals surface area contributed by atoms with Gasteiger partial charge in [0.2, 0.25) is 9.84 Å². The van der Waals surface area contributed by atoms with Crippen molar-refractivity contribution in [1.29, 1.82) is 0 Å². The number of sulfone groups is 1. The van der Waals surface area contributed by atoms with Crippen molar-refractivity contribution >= 4 is 42.1 Å². The minimum atomic E-state index is -4.95. The van der Waals surface area contributed by atoms with Gasteiger partial charge in [0, 0.05) is 10.8 Å². The second-order valence-electron chi connectivity index (χ2n) is 6.08. The molecule has 30 heavy (non-hydrogen) atoms. The summed E-state index contributed by atoms with van der Waals surface area (Å²) in [6, 6.07) is 12.3. The first-order valence-electron chi connectivity index (χ1n) is 8.16. The molecule has 0 aliphatic carbocycles. The van der Waals surface area contributed by atoms with Crippen molar-refractivity contribution in [2.24, 2.45) is 10.2 Å². The van der Waals surface area contributed by atoms with Crippen LogP contribution in [0.4, 0.5) is 11.4 Å². The molecule has 3 aromatic carbocycles. The van der Waals surface area contributed by atoms with Gasteiger partial charge in [-0.3, -0.25) is 0 Å². The molecule has 0 saturated heterocycles. The van der Waals surface area contributed by atoms with Crippen LogP contribution in [-0.2, 0) is 20.0 Å². The molecule has 0 aromatic heterocycles. The Morgan fingerprint density at radius 1 is 0.933 bits per heavy atom. The number of rotatable bonds is 5. The number of aliphatic hydroxyl groups excluding tert-OH is 1. The normalized spacial score (nSPS) is 13.3. The molecule has 0 aliphatic heterocycles. The summed E-state index contributed by atoms with van der Waals surface area (Å²) in [4.78, 5) is -0.912. The van der Waals surface area contributed by atoms with Crippen LogP contribution in [0.1, 0.15) is 6.92 Å². The number of phenolic OH excluding ortho intramolecular Hbond substituents is 1. The topological polar surface area (TPSA) is 157 Å². The standard InChI is InChI=1S/C18H16N2O7S2.K/c1-11(21)28(23,24)13-8-6-12(7-9-13)19-20-16-10-17(29(25,26)27)18(22)15-5-3-2-4-14(15)16;/h2-11,21-22H,1H3,(H,25,26,27);/q;+1/p-1. The predicted octanol–water partition coefficient (Wildman–Crippen LogP) is -0.0191. The van der Waals surface area contributed by atoms with E-state index in [2.05, 4.69) is 10.2 Å². The molecule has 2 N–H and O–H groups in total. The van der Waals surface area contributed by atoms with Crippen molar-refractivity contribution in [3.8, 4) is 5.75 Å². The quantitative estimate of drug-likeness (QED) is 0.299. The molecule has 1 atom stereocenters.